The van der Waals surface area contributed by atoms with Crippen LogP contribution in [0.5, 0.6) is 0 Å². The summed E-state index contributed by atoms with van der Waals surface area (Å²) in [6, 6.07) is 6.97. The minimum absolute atomic E-state index is 0.134. The third-order valence-corrected chi connectivity index (χ3v) is 5.67. The van der Waals surface area contributed by atoms with E-state index in [0.29, 0.717) is 35.9 Å². The van der Waals surface area contributed by atoms with Crippen molar-refractivity contribution in [3.63, 3.8) is 0 Å². The van der Waals surface area contributed by atoms with Crippen LogP contribution < -0.4 is 5.76 Å². The number of likely N-dealkylation sites (tertiary alicyclic amines) is 1. The zero-order chi connectivity index (χ0) is 19.3. The van der Waals surface area contributed by atoms with Gasteiger partial charge in [0.1, 0.15) is 12.4 Å². The average Bonchev–Trinajstić information content (AvgIpc) is 3.15. The van der Waals surface area contributed by atoms with Gasteiger partial charge in [0.25, 0.3) is 0 Å². The molecule has 28 heavy (non-hydrogen) atoms. The standard InChI is InChI=1S/C19H20FN5O3/c20-7-12-8-24(9-13(12)18-21-17(22-23-18)11-5-6-11)16(26)10-25-14-3-1-2-4-15(14)28-19(25)27/h1-4,11-13H,5-10H2,(H,21,22,23)/t12-,13-/m1/s1. The smallest absolute Gasteiger partial charge is 0.408 e. The molecule has 0 radical (unpaired) electrons. The first-order valence-corrected chi connectivity index (χ1v) is 9.48. The average molecular weight is 385 g/mol. The summed E-state index contributed by atoms with van der Waals surface area (Å²) in [5, 5.41) is 7.18. The molecule has 2 fully saturated rings. The summed E-state index contributed by atoms with van der Waals surface area (Å²) >= 11 is 0. The van der Waals surface area contributed by atoms with E-state index < -0.39 is 12.4 Å². The van der Waals surface area contributed by atoms with Crippen LogP contribution >= 0.6 is 0 Å². The number of hydrogen-bond donors (Lipinski definition) is 1. The van der Waals surface area contributed by atoms with E-state index in [2.05, 4.69) is 15.2 Å². The number of fused-ring (bicyclic) bond motifs is 1. The lowest BCUT2D eigenvalue weighted by Crippen LogP contribution is -2.34. The number of aromatic nitrogens is 4. The summed E-state index contributed by atoms with van der Waals surface area (Å²) in [5.74, 6) is 0.482. The summed E-state index contributed by atoms with van der Waals surface area (Å²) in [7, 11) is 0. The number of para-hydroxylation sites is 2. The van der Waals surface area contributed by atoms with Crippen LogP contribution in [0.25, 0.3) is 11.1 Å². The van der Waals surface area contributed by atoms with Gasteiger partial charge in [-0.15, -0.1) is 0 Å². The fourth-order valence-corrected chi connectivity index (χ4v) is 3.92. The minimum Gasteiger partial charge on any atom is -0.408 e. The summed E-state index contributed by atoms with van der Waals surface area (Å²) < 4.78 is 20.1. The Hall–Kier alpha value is -2.97. The van der Waals surface area contributed by atoms with Crippen LogP contribution in [0.1, 0.15) is 36.3 Å². The van der Waals surface area contributed by atoms with Crippen molar-refractivity contribution in [2.45, 2.75) is 31.2 Å². The van der Waals surface area contributed by atoms with E-state index >= 15 is 0 Å². The molecule has 1 saturated heterocycles. The number of carbonyl (C=O) groups is 1. The molecule has 8 nitrogen and oxygen atoms in total. The van der Waals surface area contributed by atoms with Gasteiger partial charge < -0.3 is 9.32 Å². The van der Waals surface area contributed by atoms with Gasteiger partial charge in [0, 0.05) is 30.8 Å². The van der Waals surface area contributed by atoms with Gasteiger partial charge in [-0.25, -0.2) is 9.78 Å². The maximum atomic E-state index is 13.6. The van der Waals surface area contributed by atoms with Crippen LogP contribution in [0, 0.1) is 5.92 Å². The number of halogens is 1. The van der Waals surface area contributed by atoms with Crippen molar-refractivity contribution in [3.8, 4) is 0 Å². The van der Waals surface area contributed by atoms with Gasteiger partial charge in [0.15, 0.2) is 11.4 Å². The molecule has 0 unspecified atom stereocenters. The van der Waals surface area contributed by atoms with Crippen LogP contribution in [0.2, 0.25) is 0 Å². The molecule has 3 heterocycles. The molecule has 9 heteroatoms. The molecule has 2 aromatic heterocycles. The van der Waals surface area contributed by atoms with Crippen molar-refractivity contribution in [1.82, 2.24) is 24.6 Å². The number of carbonyl (C=O) groups excluding carboxylic acids is 1. The molecular formula is C19H20FN5O3. The molecule has 1 aliphatic heterocycles. The number of rotatable bonds is 5. The molecule has 1 aromatic carbocycles. The lowest BCUT2D eigenvalue weighted by Gasteiger charge is -2.16. The molecule has 1 aliphatic carbocycles. The highest BCUT2D eigenvalue weighted by molar-refractivity contribution is 5.80. The fraction of sp³-hybridized carbons (Fsp3) is 0.474. The van der Waals surface area contributed by atoms with E-state index in [1.165, 1.54) is 4.57 Å². The Morgan fingerprint density at radius 3 is 2.89 bits per heavy atom. The van der Waals surface area contributed by atoms with Gasteiger partial charge >= 0.3 is 5.76 Å². The maximum absolute atomic E-state index is 13.6. The predicted molar refractivity (Wildman–Crippen MR) is 97.6 cm³/mol. The third-order valence-electron chi connectivity index (χ3n) is 5.67. The Bertz CT molecular complexity index is 1080. The van der Waals surface area contributed by atoms with E-state index in [-0.39, 0.29) is 24.3 Å². The second kappa shape index (κ2) is 6.57. The van der Waals surface area contributed by atoms with Gasteiger partial charge in [-0.2, -0.15) is 5.10 Å². The molecule has 2 aliphatic rings. The topological polar surface area (TPSA) is 97.0 Å². The molecule has 146 valence electrons. The second-order valence-corrected chi connectivity index (χ2v) is 7.59. The third kappa shape index (κ3) is 2.90. The highest BCUT2D eigenvalue weighted by atomic mass is 19.1. The number of nitrogens with one attached hydrogen (secondary N) is 1. The number of H-pyrrole nitrogens is 1. The van der Waals surface area contributed by atoms with Crippen molar-refractivity contribution in [2.75, 3.05) is 19.8 Å². The first kappa shape index (κ1) is 17.2. The molecule has 1 amide bonds. The zero-order valence-corrected chi connectivity index (χ0v) is 15.2. The van der Waals surface area contributed by atoms with Crippen molar-refractivity contribution < 1.29 is 13.6 Å². The molecule has 1 saturated carbocycles. The van der Waals surface area contributed by atoms with Gasteiger partial charge in [-0.3, -0.25) is 18.9 Å². The number of aromatic amines is 1. The number of amides is 1. The van der Waals surface area contributed by atoms with Crippen molar-refractivity contribution in [2.24, 2.45) is 5.92 Å². The Morgan fingerprint density at radius 2 is 2.11 bits per heavy atom. The summed E-state index contributed by atoms with van der Waals surface area (Å²) in [6.07, 6.45) is 2.18. The molecule has 2 atom stereocenters. The summed E-state index contributed by atoms with van der Waals surface area (Å²) in [5.41, 5.74) is 1.01. The lowest BCUT2D eigenvalue weighted by molar-refractivity contribution is -0.131. The van der Waals surface area contributed by atoms with Gasteiger partial charge in [0.05, 0.1) is 12.2 Å². The largest absolute Gasteiger partial charge is 0.420 e. The molecule has 0 bridgehead atoms. The van der Waals surface area contributed by atoms with Gasteiger partial charge in [-0.1, -0.05) is 12.1 Å². The highest BCUT2D eigenvalue weighted by Crippen LogP contribution is 2.39. The summed E-state index contributed by atoms with van der Waals surface area (Å²) in [4.78, 5) is 31.1. The molecule has 5 rings (SSSR count). The van der Waals surface area contributed by atoms with E-state index in [1.807, 2.05) is 0 Å². The lowest BCUT2D eigenvalue weighted by atomic mass is 9.97. The number of nitrogens with zero attached hydrogens (tertiary/aromatic N) is 4. The second-order valence-electron chi connectivity index (χ2n) is 7.59. The minimum atomic E-state index is -0.573. The number of benzene rings is 1. The van der Waals surface area contributed by atoms with E-state index in [9.17, 15) is 14.0 Å². The van der Waals surface area contributed by atoms with Gasteiger partial charge in [-0.05, 0) is 25.0 Å². The maximum Gasteiger partial charge on any atom is 0.420 e. The van der Waals surface area contributed by atoms with Crippen LogP contribution in [0.4, 0.5) is 4.39 Å². The Labute approximate surface area is 159 Å². The first-order chi connectivity index (χ1) is 13.6. The van der Waals surface area contributed by atoms with E-state index in [0.717, 1.165) is 18.7 Å². The van der Waals surface area contributed by atoms with Crippen molar-refractivity contribution in [3.05, 3.63) is 46.5 Å². The van der Waals surface area contributed by atoms with Crippen molar-refractivity contribution in [1.29, 1.82) is 0 Å². The Balaban J connectivity index is 1.35. The normalized spacial score (nSPS) is 22.2. The van der Waals surface area contributed by atoms with Crippen LogP contribution in [-0.2, 0) is 11.3 Å². The number of oxazole rings is 1. The van der Waals surface area contributed by atoms with Crippen molar-refractivity contribution >= 4 is 17.0 Å². The first-order valence-electron chi connectivity index (χ1n) is 9.48. The SMILES string of the molecule is O=C(Cn1c(=O)oc2ccccc21)N1C[C@@H](CF)[C@H](c2nc(C3CC3)n[nH]2)C1. The predicted octanol–water partition coefficient (Wildman–Crippen LogP) is 1.80. The summed E-state index contributed by atoms with van der Waals surface area (Å²) in [6.45, 7) is -0.0188. The number of hydrogen-bond acceptors (Lipinski definition) is 5. The Kier molecular flexibility index (Phi) is 4.03. The zero-order valence-electron chi connectivity index (χ0n) is 15.2. The van der Waals surface area contributed by atoms with E-state index in [4.69, 9.17) is 4.42 Å². The molecule has 1 N–H and O–H groups in total. The quantitative estimate of drug-likeness (QED) is 0.722. The van der Waals surface area contributed by atoms with E-state index in [1.54, 1.807) is 29.2 Å². The molecule has 3 aromatic rings. The highest BCUT2D eigenvalue weighted by Gasteiger charge is 2.39. The monoisotopic (exact) mass is 385 g/mol. The fourth-order valence-electron chi connectivity index (χ4n) is 3.92. The number of alkyl halides is 1. The van der Waals surface area contributed by atoms with Crippen LogP contribution in [0.15, 0.2) is 33.5 Å². The van der Waals surface area contributed by atoms with Crippen LogP contribution in [-0.4, -0.2) is 50.3 Å². The molecular weight excluding hydrogens is 365 g/mol. The van der Waals surface area contributed by atoms with Crippen LogP contribution in [0.3, 0.4) is 0 Å². The molecule has 0 spiro atoms. The Morgan fingerprint density at radius 1 is 1.29 bits per heavy atom. The van der Waals surface area contributed by atoms with Gasteiger partial charge in [0.2, 0.25) is 5.91 Å².